The molecule has 0 saturated heterocycles. The monoisotopic (exact) mass is 125 g/mol. The molecule has 0 amide bonds. The van der Waals surface area contributed by atoms with Crippen LogP contribution in [0.15, 0.2) is 21.7 Å². The van der Waals surface area contributed by atoms with Crippen molar-refractivity contribution in [1.82, 2.24) is 4.98 Å². The third kappa shape index (κ3) is 3.04. The van der Waals surface area contributed by atoms with E-state index in [0.29, 0.717) is 0 Å². The van der Waals surface area contributed by atoms with Crippen molar-refractivity contribution >= 4 is 0 Å². The molecule has 8 heavy (non-hydrogen) atoms. The van der Waals surface area contributed by atoms with Gasteiger partial charge in [-0.3, -0.25) is 4.98 Å². The molecule has 1 aromatic rings. The van der Waals surface area contributed by atoms with Crippen LogP contribution < -0.4 is 35.3 Å². The van der Waals surface area contributed by atoms with Gasteiger partial charge in [0.15, 0.2) is 0 Å². The van der Waals surface area contributed by atoms with Crippen molar-refractivity contribution in [3.8, 4) is 0 Å². The van der Waals surface area contributed by atoms with Gasteiger partial charge in [-0.2, -0.15) is 0 Å². The van der Waals surface area contributed by atoms with E-state index in [1.54, 1.807) is 0 Å². The second kappa shape index (κ2) is 5.11. The second-order valence-corrected chi connectivity index (χ2v) is 0.852. The Morgan fingerprint density at radius 3 is 2.38 bits per heavy atom. The number of oxazole rings is 1. The van der Waals surface area contributed by atoms with E-state index in [1.165, 1.54) is 12.5 Å². The Hall–Kier alpha value is -0.0300. The van der Waals surface area contributed by atoms with Crippen molar-refractivity contribution in [1.29, 1.82) is 0 Å². The average molecular weight is 125 g/mol. The largest absolute Gasteiger partial charge is 1.00 e. The zero-order valence-corrected chi connectivity index (χ0v) is 6.42. The van der Waals surface area contributed by atoms with E-state index in [-0.39, 0.29) is 35.0 Å². The van der Waals surface area contributed by atoms with Gasteiger partial charge in [0.25, 0.3) is 0 Å². The van der Waals surface area contributed by atoms with Crippen LogP contribution in [0.1, 0.15) is 0 Å². The Morgan fingerprint density at radius 1 is 1.62 bits per heavy atom. The molecule has 5 heteroatoms. The maximum Gasteiger partial charge on any atom is 1.00 e. The van der Waals surface area contributed by atoms with E-state index < -0.39 is 5.76 Å². The molecule has 1 rings (SSSR count). The molecule has 0 aromatic carbocycles. The van der Waals surface area contributed by atoms with Crippen LogP contribution in [-0.2, 0) is 0 Å². The fourth-order valence-corrected chi connectivity index (χ4v) is 0.232. The van der Waals surface area contributed by atoms with Crippen molar-refractivity contribution < 1.29 is 39.5 Å². The molecule has 4 nitrogen and oxygen atoms in total. The van der Waals surface area contributed by atoms with Crippen LogP contribution in [0.2, 0.25) is 0 Å². The molecule has 0 aliphatic rings. The molecule has 2 N–H and O–H groups in total. The van der Waals surface area contributed by atoms with Crippen LogP contribution in [0.5, 0.6) is 0 Å². The van der Waals surface area contributed by atoms with Gasteiger partial charge in [-0.05, 0) is 0 Å². The Balaban J connectivity index is 0. The smallest absolute Gasteiger partial charge is 0.870 e. The molecule has 0 aliphatic heterocycles. The summed E-state index contributed by atoms with van der Waals surface area (Å²) in [7, 11) is 0. The predicted molar refractivity (Wildman–Crippen MR) is 21.3 cm³/mol. The summed E-state index contributed by atoms with van der Waals surface area (Å²) >= 11 is 0. The summed E-state index contributed by atoms with van der Waals surface area (Å²) < 4.78 is 4.22. The first kappa shape index (κ1) is 10.9. The maximum absolute atomic E-state index is 9.85. The van der Waals surface area contributed by atoms with Crippen LogP contribution in [0.3, 0.4) is 0 Å². The zero-order chi connectivity index (χ0) is 4.41. The third-order valence-corrected chi connectivity index (χ3v) is 0.444. The molecule has 1 heterocycles. The van der Waals surface area contributed by atoms with E-state index >= 15 is 0 Å². The molecule has 0 atom stereocenters. The molecule has 0 radical (unpaired) electrons. The number of hydrogen-bond donors (Lipinski definition) is 1. The number of aromatic nitrogens is 1. The third-order valence-electron chi connectivity index (χ3n) is 0.444. The number of H-pyrrole nitrogens is 1. The molecular formula is C3H4NNaO3. The van der Waals surface area contributed by atoms with Gasteiger partial charge in [0.2, 0.25) is 0 Å². The minimum Gasteiger partial charge on any atom is -0.870 e. The first-order valence-electron chi connectivity index (χ1n) is 1.52. The van der Waals surface area contributed by atoms with Crippen molar-refractivity contribution in [3.05, 3.63) is 23.0 Å². The van der Waals surface area contributed by atoms with E-state index in [1.807, 2.05) is 0 Å². The van der Waals surface area contributed by atoms with Crippen molar-refractivity contribution in [3.63, 3.8) is 0 Å². The number of nitrogens with one attached hydrogen (secondary N) is 1. The predicted octanol–water partition coefficient (Wildman–Crippen LogP) is -3.20. The summed E-state index contributed by atoms with van der Waals surface area (Å²) in [4.78, 5) is 12.1. The van der Waals surface area contributed by atoms with E-state index in [0.717, 1.165) is 0 Å². The van der Waals surface area contributed by atoms with Gasteiger partial charge in [-0.15, -0.1) is 0 Å². The van der Waals surface area contributed by atoms with Gasteiger partial charge >= 0.3 is 35.3 Å². The standard InChI is InChI=1S/C3H3NO2.Na.H2O/c5-3-4-1-2-6-3;;/h1-2H,(H,4,5);;1H2/q;+1;/p-1. The molecule has 0 saturated carbocycles. The summed E-state index contributed by atoms with van der Waals surface area (Å²) in [5.41, 5.74) is 0. The Labute approximate surface area is 67.5 Å². The molecule has 40 valence electrons. The normalized spacial score (nSPS) is 6.50. The summed E-state index contributed by atoms with van der Waals surface area (Å²) in [6.45, 7) is 0. The SMILES string of the molecule is O=c1[nH]cco1.[Na+].[OH-]. The van der Waals surface area contributed by atoms with Gasteiger partial charge < -0.3 is 9.89 Å². The Bertz CT molecular complexity index is 152. The molecule has 0 aliphatic carbocycles. The van der Waals surface area contributed by atoms with E-state index in [4.69, 9.17) is 0 Å². The summed E-state index contributed by atoms with van der Waals surface area (Å²) in [6, 6.07) is 0. The van der Waals surface area contributed by atoms with Gasteiger partial charge in [0.05, 0.1) is 0 Å². The van der Waals surface area contributed by atoms with Gasteiger partial charge in [-0.25, -0.2) is 4.79 Å². The average Bonchev–Trinajstić information content (AvgIpc) is 1.86. The van der Waals surface area contributed by atoms with E-state index in [2.05, 4.69) is 9.40 Å². The van der Waals surface area contributed by atoms with Gasteiger partial charge in [-0.1, -0.05) is 0 Å². The minimum absolute atomic E-state index is 0. The van der Waals surface area contributed by atoms with Gasteiger partial charge in [0.1, 0.15) is 6.26 Å². The number of hydrogen-bond acceptors (Lipinski definition) is 3. The maximum atomic E-state index is 9.85. The number of rotatable bonds is 0. The Morgan fingerprint density at radius 2 is 2.25 bits per heavy atom. The van der Waals surface area contributed by atoms with Crippen LogP contribution in [0, 0.1) is 0 Å². The molecule has 0 unspecified atom stereocenters. The molecule has 0 bridgehead atoms. The fourth-order valence-electron chi connectivity index (χ4n) is 0.232. The quantitative estimate of drug-likeness (QED) is 0.371. The van der Waals surface area contributed by atoms with E-state index in [9.17, 15) is 4.79 Å². The summed E-state index contributed by atoms with van der Waals surface area (Å²) in [6.07, 6.45) is 2.73. The van der Waals surface area contributed by atoms with Crippen molar-refractivity contribution in [2.24, 2.45) is 0 Å². The topological polar surface area (TPSA) is 76.0 Å². The summed E-state index contributed by atoms with van der Waals surface area (Å²) in [5, 5.41) is 0. The first-order chi connectivity index (χ1) is 2.89. The van der Waals surface area contributed by atoms with Crippen molar-refractivity contribution in [2.45, 2.75) is 0 Å². The molecule has 0 spiro atoms. The number of aromatic amines is 1. The van der Waals surface area contributed by atoms with Gasteiger partial charge in [0, 0.05) is 6.20 Å². The second-order valence-electron chi connectivity index (χ2n) is 0.852. The van der Waals surface area contributed by atoms with Crippen LogP contribution >= 0.6 is 0 Å². The molecule has 1 aromatic heterocycles. The van der Waals surface area contributed by atoms with Crippen molar-refractivity contribution in [2.75, 3.05) is 0 Å². The molecule has 0 fully saturated rings. The first-order valence-corrected chi connectivity index (χ1v) is 1.52. The fraction of sp³-hybridized carbons (Fsp3) is 0. The summed E-state index contributed by atoms with van der Waals surface area (Å²) in [5.74, 6) is -0.407. The van der Waals surface area contributed by atoms with Crippen LogP contribution in [0.25, 0.3) is 0 Å². The Kier molecular flexibility index (Phi) is 6.94. The minimum atomic E-state index is -0.407. The zero-order valence-electron chi connectivity index (χ0n) is 4.42. The van der Waals surface area contributed by atoms with Crippen LogP contribution in [-0.4, -0.2) is 10.5 Å². The van der Waals surface area contributed by atoms with Crippen LogP contribution in [0.4, 0.5) is 0 Å². The molecular weight excluding hydrogens is 121 g/mol.